The van der Waals surface area contributed by atoms with Gasteiger partial charge in [-0.25, -0.2) is 9.97 Å². The van der Waals surface area contributed by atoms with Gasteiger partial charge in [0.2, 0.25) is 0 Å². The molecule has 0 fully saturated rings. The molecule has 1 heterocycles. The smallest absolute Gasteiger partial charge is 0.192 e. The Labute approximate surface area is 105 Å². The van der Waals surface area contributed by atoms with E-state index in [1.165, 1.54) is 11.8 Å². The van der Waals surface area contributed by atoms with Crippen molar-refractivity contribution in [2.45, 2.75) is 10.1 Å². The molecule has 0 saturated heterocycles. The van der Waals surface area contributed by atoms with Gasteiger partial charge in [-0.15, -0.1) is 0 Å². The van der Waals surface area contributed by atoms with E-state index in [9.17, 15) is 4.79 Å². The van der Waals surface area contributed by atoms with Crippen LogP contribution in [-0.2, 0) is 0 Å². The van der Waals surface area contributed by atoms with Crippen LogP contribution in [0.25, 0.3) is 0 Å². The number of halogens is 1. The Morgan fingerprint density at radius 2 is 2.00 bits per heavy atom. The summed E-state index contributed by atoms with van der Waals surface area (Å²) in [5, 5.41) is 0.688. The van der Waals surface area contributed by atoms with Crippen LogP contribution in [0.4, 0.5) is 0 Å². The SMILES string of the molecule is O=Cc1ccc(Sc2ncccn2)cc1Br. The molecule has 1 aromatic carbocycles. The molecule has 0 saturated carbocycles. The van der Waals surface area contributed by atoms with Crippen LogP contribution in [0.2, 0.25) is 0 Å². The molecule has 0 radical (unpaired) electrons. The Kier molecular flexibility index (Phi) is 3.69. The van der Waals surface area contributed by atoms with Crippen LogP contribution in [0.3, 0.4) is 0 Å². The number of aromatic nitrogens is 2. The number of hydrogen-bond donors (Lipinski definition) is 0. The number of hydrogen-bond acceptors (Lipinski definition) is 4. The first kappa shape index (κ1) is 11.3. The second-order valence-electron chi connectivity index (χ2n) is 2.93. The van der Waals surface area contributed by atoms with Gasteiger partial charge in [0.05, 0.1) is 0 Å². The van der Waals surface area contributed by atoms with E-state index in [4.69, 9.17) is 0 Å². The molecule has 5 heteroatoms. The number of carbonyl (C=O) groups is 1. The zero-order chi connectivity index (χ0) is 11.4. The Balaban J connectivity index is 2.23. The fourth-order valence-electron chi connectivity index (χ4n) is 1.11. The molecule has 2 aromatic rings. The first-order chi connectivity index (χ1) is 7.79. The van der Waals surface area contributed by atoms with Gasteiger partial charge in [0.1, 0.15) is 0 Å². The van der Waals surface area contributed by atoms with Crippen LogP contribution in [0.1, 0.15) is 10.4 Å². The van der Waals surface area contributed by atoms with Gasteiger partial charge in [-0.05, 0) is 36.0 Å². The maximum Gasteiger partial charge on any atom is 0.192 e. The molecule has 0 N–H and O–H groups in total. The topological polar surface area (TPSA) is 42.9 Å². The molecule has 0 aliphatic rings. The summed E-state index contributed by atoms with van der Waals surface area (Å²) in [4.78, 5) is 19.9. The molecule has 80 valence electrons. The highest BCUT2D eigenvalue weighted by atomic mass is 79.9. The monoisotopic (exact) mass is 294 g/mol. The summed E-state index contributed by atoms with van der Waals surface area (Å²) in [6, 6.07) is 7.29. The molecule has 0 bridgehead atoms. The van der Waals surface area contributed by atoms with Crippen LogP contribution in [0, 0.1) is 0 Å². The number of carbonyl (C=O) groups excluding carboxylic acids is 1. The van der Waals surface area contributed by atoms with Gasteiger partial charge in [-0.2, -0.15) is 0 Å². The third-order valence-corrected chi connectivity index (χ3v) is 3.42. The Morgan fingerprint density at radius 3 is 2.62 bits per heavy atom. The molecule has 2 rings (SSSR count). The van der Waals surface area contributed by atoms with Crippen LogP contribution in [0.15, 0.2) is 51.2 Å². The zero-order valence-electron chi connectivity index (χ0n) is 8.13. The van der Waals surface area contributed by atoms with Crippen molar-refractivity contribution in [3.8, 4) is 0 Å². The molecule has 0 aliphatic heterocycles. The van der Waals surface area contributed by atoms with Gasteiger partial charge in [0.15, 0.2) is 11.4 Å². The van der Waals surface area contributed by atoms with Gasteiger partial charge < -0.3 is 0 Å². The molecular weight excluding hydrogens is 288 g/mol. The Bertz CT molecular complexity index is 505. The minimum absolute atomic E-state index is 0.637. The first-order valence-corrected chi connectivity index (χ1v) is 6.10. The predicted molar refractivity (Wildman–Crippen MR) is 65.7 cm³/mol. The minimum Gasteiger partial charge on any atom is -0.298 e. The number of aldehydes is 1. The molecule has 3 nitrogen and oxygen atoms in total. The van der Waals surface area contributed by atoms with E-state index in [1.54, 1.807) is 24.5 Å². The molecule has 0 spiro atoms. The number of benzene rings is 1. The van der Waals surface area contributed by atoms with E-state index in [1.807, 2.05) is 12.1 Å². The molecule has 0 amide bonds. The Morgan fingerprint density at radius 1 is 1.25 bits per heavy atom. The average molecular weight is 295 g/mol. The second-order valence-corrected chi connectivity index (χ2v) is 4.83. The largest absolute Gasteiger partial charge is 0.298 e. The lowest BCUT2D eigenvalue weighted by atomic mass is 10.2. The lowest BCUT2D eigenvalue weighted by Crippen LogP contribution is -1.85. The summed E-state index contributed by atoms with van der Waals surface area (Å²) >= 11 is 4.79. The first-order valence-electron chi connectivity index (χ1n) is 4.49. The zero-order valence-corrected chi connectivity index (χ0v) is 10.5. The fourth-order valence-corrected chi connectivity index (χ4v) is 2.49. The van der Waals surface area contributed by atoms with Crippen LogP contribution < -0.4 is 0 Å². The number of rotatable bonds is 3. The molecule has 0 atom stereocenters. The normalized spacial score (nSPS) is 10.1. The van der Waals surface area contributed by atoms with Gasteiger partial charge >= 0.3 is 0 Å². The van der Waals surface area contributed by atoms with Gasteiger partial charge in [0, 0.05) is 27.3 Å². The van der Waals surface area contributed by atoms with E-state index in [-0.39, 0.29) is 0 Å². The van der Waals surface area contributed by atoms with Gasteiger partial charge in [-0.3, -0.25) is 4.79 Å². The number of nitrogens with zero attached hydrogens (tertiary/aromatic N) is 2. The van der Waals surface area contributed by atoms with E-state index < -0.39 is 0 Å². The van der Waals surface area contributed by atoms with Gasteiger partial charge in [0.25, 0.3) is 0 Å². The maximum absolute atomic E-state index is 10.6. The second kappa shape index (κ2) is 5.23. The quantitative estimate of drug-likeness (QED) is 0.644. The Hall–Kier alpha value is -1.20. The summed E-state index contributed by atoms with van der Waals surface area (Å²) in [5.41, 5.74) is 0.637. The average Bonchev–Trinajstić information content (AvgIpc) is 2.31. The van der Waals surface area contributed by atoms with Crippen LogP contribution >= 0.6 is 27.7 Å². The van der Waals surface area contributed by atoms with Crippen molar-refractivity contribution in [2.75, 3.05) is 0 Å². The molecule has 0 unspecified atom stereocenters. The van der Waals surface area contributed by atoms with Crippen LogP contribution in [-0.4, -0.2) is 16.3 Å². The van der Waals surface area contributed by atoms with Crippen molar-refractivity contribution < 1.29 is 4.79 Å². The highest BCUT2D eigenvalue weighted by molar-refractivity contribution is 9.10. The highest BCUT2D eigenvalue weighted by Crippen LogP contribution is 2.28. The molecule has 0 aliphatic carbocycles. The minimum atomic E-state index is 0.637. The molecule has 1 aromatic heterocycles. The standard InChI is InChI=1S/C11H7BrN2OS/c12-10-6-9(3-2-8(10)7-15)16-11-13-4-1-5-14-11/h1-7H. The lowest BCUT2D eigenvalue weighted by Gasteiger charge is -2.01. The summed E-state index contributed by atoms with van der Waals surface area (Å²) in [6.45, 7) is 0. The van der Waals surface area contributed by atoms with Crippen molar-refractivity contribution in [2.24, 2.45) is 0 Å². The molecule has 16 heavy (non-hydrogen) atoms. The summed E-state index contributed by atoms with van der Waals surface area (Å²) in [7, 11) is 0. The molecular formula is C11H7BrN2OS. The lowest BCUT2D eigenvalue weighted by molar-refractivity contribution is 0.112. The summed E-state index contributed by atoms with van der Waals surface area (Å²) < 4.78 is 0.781. The van der Waals surface area contributed by atoms with Crippen molar-refractivity contribution in [1.29, 1.82) is 0 Å². The third-order valence-electron chi connectivity index (χ3n) is 1.85. The fraction of sp³-hybridized carbons (Fsp3) is 0. The van der Waals surface area contributed by atoms with Crippen molar-refractivity contribution in [3.63, 3.8) is 0 Å². The van der Waals surface area contributed by atoms with Crippen molar-refractivity contribution >= 4 is 34.0 Å². The highest BCUT2D eigenvalue weighted by Gasteiger charge is 2.03. The van der Waals surface area contributed by atoms with Crippen molar-refractivity contribution in [1.82, 2.24) is 9.97 Å². The van der Waals surface area contributed by atoms with E-state index in [0.717, 1.165) is 15.7 Å². The third kappa shape index (κ3) is 2.68. The maximum atomic E-state index is 10.6. The predicted octanol–water partition coefficient (Wildman–Crippen LogP) is 3.20. The van der Waals surface area contributed by atoms with E-state index in [0.29, 0.717) is 10.7 Å². The summed E-state index contributed by atoms with van der Waals surface area (Å²) in [5.74, 6) is 0. The summed E-state index contributed by atoms with van der Waals surface area (Å²) in [6.07, 6.45) is 4.21. The van der Waals surface area contributed by atoms with Crippen molar-refractivity contribution in [3.05, 3.63) is 46.7 Å². The van der Waals surface area contributed by atoms with E-state index >= 15 is 0 Å². The van der Waals surface area contributed by atoms with E-state index in [2.05, 4.69) is 25.9 Å². The van der Waals surface area contributed by atoms with Gasteiger partial charge in [-0.1, -0.05) is 15.9 Å². The van der Waals surface area contributed by atoms with Crippen LogP contribution in [0.5, 0.6) is 0 Å².